The maximum Gasteiger partial charge on any atom is 0.411 e. The highest BCUT2D eigenvalue weighted by atomic mass is 19.4. The number of nitrogens with one attached hydrogen (secondary N) is 2. The van der Waals surface area contributed by atoms with Crippen molar-refractivity contribution in [3.8, 4) is 0 Å². The molecule has 0 aromatic carbocycles. The summed E-state index contributed by atoms with van der Waals surface area (Å²) in [6, 6.07) is -0.475. The van der Waals surface area contributed by atoms with Gasteiger partial charge in [-0.15, -0.1) is 0 Å². The molecule has 0 heterocycles. The Morgan fingerprint density at radius 2 is 1.95 bits per heavy atom. The van der Waals surface area contributed by atoms with Gasteiger partial charge in [0.25, 0.3) is 0 Å². The van der Waals surface area contributed by atoms with Crippen molar-refractivity contribution in [2.75, 3.05) is 40.0 Å². The Morgan fingerprint density at radius 1 is 1.26 bits per heavy atom. The lowest BCUT2D eigenvalue weighted by atomic mass is 10.3. The minimum Gasteiger partial charge on any atom is -0.385 e. The minimum atomic E-state index is -4.32. The van der Waals surface area contributed by atoms with E-state index in [-0.39, 0.29) is 19.1 Å². The molecule has 8 heteroatoms. The molecule has 0 saturated carbocycles. The summed E-state index contributed by atoms with van der Waals surface area (Å²) in [4.78, 5) is 11.5. The smallest absolute Gasteiger partial charge is 0.385 e. The molecule has 5 nitrogen and oxygen atoms in total. The summed E-state index contributed by atoms with van der Waals surface area (Å²) in [5.74, 6) is -0.202. The van der Waals surface area contributed by atoms with E-state index in [2.05, 4.69) is 15.4 Å². The summed E-state index contributed by atoms with van der Waals surface area (Å²) in [6.07, 6.45) is -3.60. The number of ether oxygens (including phenoxy) is 2. The van der Waals surface area contributed by atoms with Crippen molar-refractivity contribution in [3.05, 3.63) is 0 Å². The third-order valence-electron chi connectivity index (χ3n) is 2.18. The van der Waals surface area contributed by atoms with Crippen LogP contribution in [0.5, 0.6) is 0 Å². The van der Waals surface area contributed by atoms with E-state index in [4.69, 9.17) is 4.74 Å². The number of methoxy groups -OCH3 is 1. The van der Waals surface area contributed by atoms with Crippen LogP contribution < -0.4 is 10.6 Å². The van der Waals surface area contributed by atoms with E-state index in [0.29, 0.717) is 19.6 Å². The van der Waals surface area contributed by atoms with Crippen LogP contribution in [0.2, 0.25) is 0 Å². The molecule has 19 heavy (non-hydrogen) atoms. The SMILES string of the molecule is COCCCNC(=O)C(C)NCCOCC(F)(F)F. The highest BCUT2D eigenvalue weighted by Gasteiger charge is 2.27. The first-order valence-corrected chi connectivity index (χ1v) is 6.01. The second-order valence-corrected chi connectivity index (χ2v) is 3.98. The van der Waals surface area contributed by atoms with Gasteiger partial charge in [0.15, 0.2) is 0 Å². The van der Waals surface area contributed by atoms with E-state index in [1.54, 1.807) is 14.0 Å². The second kappa shape index (κ2) is 9.99. The fourth-order valence-electron chi connectivity index (χ4n) is 1.21. The van der Waals surface area contributed by atoms with Gasteiger partial charge in [0.1, 0.15) is 6.61 Å². The Balaban J connectivity index is 3.51. The molecule has 0 aromatic heterocycles. The Hall–Kier alpha value is -0.860. The molecule has 1 atom stereocenters. The third-order valence-corrected chi connectivity index (χ3v) is 2.18. The molecule has 0 radical (unpaired) electrons. The van der Waals surface area contributed by atoms with Gasteiger partial charge in [-0.1, -0.05) is 0 Å². The van der Waals surface area contributed by atoms with Crippen LogP contribution in [0.4, 0.5) is 13.2 Å². The van der Waals surface area contributed by atoms with E-state index in [0.717, 1.165) is 0 Å². The first kappa shape index (κ1) is 18.1. The van der Waals surface area contributed by atoms with Crippen molar-refractivity contribution < 1.29 is 27.4 Å². The van der Waals surface area contributed by atoms with Gasteiger partial charge in [0, 0.05) is 26.8 Å². The van der Waals surface area contributed by atoms with Gasteiger partial charge in [-0.25, -0.2) is 0 Å². The van der Waals surface area contributed by atoms with Crippen molar-refractivity contribution in [3.63, 3.8) is 0 Å². The topological polar surface area (TPSA) is 59.6 Å². The quantitative estimate of drug-likeness (QED) is 0.580. The van der Waals surface area contributed by atoms with E-state index < -0.39 is 18.8 Å². The molecule has 0 aliphatic rings. The zero-order chi connectivity index (χ0) is 14.7. The van der Waals surface area contributed by atoms with Crippen LogP contribution in [0, 0.1) is 0 Å². The summed E-state index contributed by atoms with van der Waals surface area (Å²) in [7, 11) is 1.58. The Kier molecular flexibility index (Phi) is 9.54. The average Bonchev–Trinajstić information content (AvgIpc) is 2.32. The number of rotatable bonds is 10. The molecule has 0 aliphatic heterocycles. The molecule has 0 spiro atoms. The summed E-state index contributed by atoms with van der Waals surface area (Å²) < 4.78 is 44.5. The van der Waals surface area contributed by atoms with Crippen LogP contribution in [0.1, 0.15) is 13.3 Å². The van der Waals surface area contributed by atoms with Gasteiger partial charge < -0.3 is 20.1 Å². The fraction of sp³-hybridized carbons (Fsp3) is 0.909. The lowest BCUT2D eigenvalue weighted by Gasteiger charge is -2.14. The standard InChI is InChI=1S/C11H21F3N2O3/c1-9(10(17)16-4-3-6-18-2)15-5-7-19-8-11(12,13)14/h9,15H,3-8H2,1-2H3,(H,16,17). The molecule has 0 bridgehead atoms. The zero-order valence-electron chi connectivity index (χ0n) is 11.2. The molecule has 2 N–H and O–H groups in total. The van der Waals surface area contributed by atoms with Crippen molar-refractivity contribution in [2.24, 2.45) is 0 Å². The molecular formula is C11H21F3N2O3. The third kappa shape index (κ3) is 11.9. The van der Waals surface area contributed by atoms with Gasteiger partial charge in [-0.2, -0.15) is 13.2 Å². The maximum absolute atomic E-state index is 11.8. The summed E-state index contributed by atoms with van der Waals surface area (Å²) in [6.45, 7) is 1.52. The average molecular weight is 286 g/mol. The van der Waals surface area contributed by atoms with Gasteiger partial charge in [-0.05, 0) is 13.3 Å². The lowest BCUT2D eigenvalue weighted by Crippen LogP contribution is -2.43. The van der Waals surface area contributed by atoms with Gasteiger partial charge in [0.2, 0.25) is 5.91 Å². The summed E-state index contributed by atoms with van der Waals surface area (Å²) in [5.41, 5.74) is 0. The van der Waals surface area contributed by atoms with Crippen molar-refractivity contribution >= 4 is 5.91 Å². The molecule has 0 fully saturated rings. The number of carbonyl (C=O) groups is 1. The van der Waals surface area contributed by atoms with Crippen LogP contribution in [0.3, 0.4) is 0 Å². The number of carbonyl (C=O) groups excluding carboxylic acids is 1. The Labute approximate surface area is 110 Å². The number of amides is 1. The normalized spacial score (nSPS) is 13.3. The molecule has 1 unspecified atom stereocenters. The summed E-state index contributed by atoms with van der Waals surface area (Å²) >= 11 is 0. The lowest BCUT2D eigenvalue weighted by molar-refractivity contribution is -0.173. The van der Waals surface area contributed by atoms with Gasteiger partial charge in [0.05, 0.1) is 12.6 Å². The molecule has 0 aliphatic carbocycles. The van der Waals surface area contributed by atoms with Crippen LogP contribution in [0.25, 0.3) is 0 Å². The number of hydrogen-bond donors (Lipinski definition) is 2. The molecular weight excluding hydrogens is 265 g/mol. The van der Waals surface area contributed by atoms with Crippen LogP contribution in [-0.4, -0.2) is 58.1 Å². The molecule has 114 valence electrons. The van der Waals surface area contributed by atoms with E-state index in [1.807, 2.05) is 0 Å². The van der Waals surface area contributed by atoms with Crippen LogP contribution in [-0.2, 0) is 14.3 Å². The maximum atomic E-state index is 11.8. The fourth-order valence-corrected chi connectivity index (χ4v) is 1.21. The summed E-state index contributed by atoms with van der Waals surface area (Å²) in [5, 5.41) is 5.45. The van der Waals surface area contributed by atoms with E-state index in [1.165, 1.54) is 0 Å². The molecule has 0 saturated heterocycles. The highest BCUT2D eigenvalue weighted by Crippen LogP contribution is 2.13. The predicted molar refractivity (Wildman–Crippen MR) is 63.8 cm³/mol. The van der Waals surface area contributed by atoms with E-state index >= 15 is 0 Å². The van der Waals surface area contributed by atoms with E-state index in [9.17, 15) is 18.0 Å². The Morgan fingerprint density at radius 3 is 2.53 bits per heavy atom. The molecule has 0 rings (SSSR count). The highest BCUT2D eigenvalue weighted by molar-refractivity contribution is 5.81. The number of alkyl halides is 3. The van der Waals surface area contributed by atoms with Crippen molar-refractivity contribution in [1.29, 1.82) is 0 Å². The zero-order valence-corrected chi connectivity index (χ0v) is 11.2. The van der Waals surface area contributed by atoms with Crippen LogP contribution in [0.15, 0.2) is 0 Å². The second-order valence-electron chi connectivity index (χ2n) is 3.98. The Bertz CT molecular complexity index is 250. The monoisotopic (exact) mass is 286 g/mol. The molecule has 0 aromatic rings. The van der Waals surface area contributed by atoms with Gasteiger partial charge >= 0.3 is 6.18 Å². The van der Waals surface area contributed by atoms with Gasteiger partial charge in [-0.3, -0.25) is 4.79 Å². The van der Waals surface area contributed by atoms with Crippen molar-refractivity contribution in [1.82, 2.24) is 10.6 Å². The van der Waals surface area contributed by atoms with Crippen molar-refractivity contribution in [2.45, 2.75) is 25.6 Å². The number of halogens is 3. The first-order valence-electron chi connectivity index (χ1n) is 6.01. The largest absolute Gasteiger partial charge is 0.411 e. The predicted octanol–water partition coefficient (Wildman–Crippen LogP) is 0.696. The number of hydrogen-bond acceptors (Lipinski definition) is 4. The van der Waals surface area contributed by atoms with Crippen LogP contribution >= 0.6 is 0 Å². The first-order chi connectivity index (χ1) is 8.87. The molecule has 1 amide bonds. The minimum absolute atomic E-state index is 0.0964.